The summed E-state index contributed by atoms with van der Waals surface area (Å²) < 4.78 is 0. The summed E-state index contributed by atoms with van der Waals surface area (Å²) in [5.41, 5.74) is 0. The van der Waals surface area contributed by atoms with E-state index in [4.69, 9.17) is 0 Å². The summed E-state index contributed by atoms with van der Waals surface area (Å²) in [4.78, 5) is 0. The van der Waals surface area contributed by atoms with Gasteiger partial charge in [-0.05, 0) is 13.3 Å². The van der Waals surface area contributed by atoms with Crippen LogP contribution in [0.25, 0.3) is 0 Å². The van der Waals surface area contributed by atoms with Crippen LogP contribution in [0.4, 0.5) is 0 Å². The van der Waals surface area contributed by atoms with Crippen molar-refractivity contribution in [2.75, 3.05) is 0 Å². The van der Waals surface area contributed by atoms with E-state index in [1.54, 1.807) is 0 Å². The molecule has 0 aromatic rings. The molecule has 0 aromatic heterocycles. The average Bonchev–Trinajstić information content (AvgIpc) is 1.81. The van der Waals surface area contributed by atoms with Crippen LogP contribution in [0.15, 0.2) is 0 Å². The van der Waals surface area contributed by atoms with Crippen LogP contribution in [0, 0.1) is 0 Å². The van der Waals surface area contributed by atoms with Crippen LogP contribution in [0.2, 0.25) is 0 Å². The summed E-state index contributed by atoms with van der Waals surface area (Å²) in [5.74, 6) is 0. The molecule has 0 spiro atoms. The SMILES string of the molecule is CC[C@H](NC(C)C)[C@H](C)O. The third-order valence-corrected chi connectivity index (χ3v) is 1.57. The van der Waals surface area contributed by atoms with Gasteiger partial charge in [0.05, 0.1) is 6.10 Å². The molecule has 0 fully saturated rings. The van der Waals surface area contributed by atoms with Crippen LogP contribution < -0.4 is 5.32 Å². The molecule has 0 unspecified atom stereocenters. The smallest absolute Gasteiger partial charge is 0.0665 e. The molecule has 62 valence electrons. The molecule has 2 N–H and O–H groups in total. The summed E-state index contributed by atoms with van der Waals surface area (Å²) in [6.07, 6.45) is 0.739. The maximum Gasteiger partial charge on any atom is 0.0665 e. The predicted molar refractivity (Wildman–Crippen MR) is 44.0 cm³/mol. The number of nitrogens with one attached hydrogen (secondary N) is 1. The number of hydrogen-bond acceptors (Lipinski definition) is 2. The second-order valence-corrected chi connectivity index (χ2v) is 3.08. The second-order valence-electron chi connectivity index (χ2n) is 3.08. The van der Waals surface area contributed by atoms with Crippen LogP contribution in [-0.2, 0) is 0 Å². The topological polar surface area (TPSA) is 32.3 Å². The van der Waals surface area contributed by atoms with Gasteiger partial charge in [-0.2, -0.15) is 0 Å². The van der Waals surface area contributed by atoms with Crippen molar-refractivity contribution >= 4 is 0 Å². The highest BCUT2D eigenvalue weighted by Crippen LogP contribution is 1.98. The Bertz CT molecular complexity index is 81.3. The summed E-state index contributed by atoms with van der Waals surface area (Å²) in [7, 11) is 0. The fourth-order valence-electron chi connectivity index (χ4n) is 1.03. The van der Waals surface area contributed by atoms with Gasteiger partial charge in [0, 0.05) is 12.1 Å². The standard InChI is InChI=1S/C8H19NO/c1-5-8(7(4)10)9-6(2)3/h6-10H,5H2,1-4H3/t7-,8-/m0/s1. The van der Waals surface area contributed by atoms with Gasteiger partial charge < -0.3 is 10.4 Å². The molecular formula is C8H19NO. The van der Waals surface area contributed by atoms with Crippen molar-refractivity contribution in [3.05, 3.63) is 0 Å². The van der Waals surface area contributed by atoms with E-state index in [0.29, 0.717) is 6.04 Å². The zero-order chi connectivity index (χ0) is 8.15. The molecule has 0 aliphatic rings. The first-order valence-corrected chi connectivity index (χ1v) is 4.02. The lowest BCUT2D eigenvalue weighted by Crippen LogP contribution is -2.41. The predicted octanol–water partition coefficient (Wildman–Crippen LogP) is 1.14. The Balaban J connectivity index is 3.60. The lowest BCUT2D eigenvalue weighted by Gasteiger charge is -2.22. The Kier molecular flexibility index (Phi) is 4.65. The highest BCUT2D eigenvalue weighted by Gasteiger charge is 2.11. The van der Waals surface area contributed by atoms with Crippen molar-refractivity contribution < 1.29 is 5.11 Å². The van der Waals surface area contributed by atoms with Gasteiger partial charge in [-0.1, -0.05) is 20.8 Å². The lowest BCUT2D eigenvalue weighted by molar-refractivity contribution is 0.138. The van der Waals surface area contributed by atoms with Gasteiger partial charge in [0.2, 0.25) is 0 Å². The molecule has 10 heavy (non-hydrogen) atoms. The van der Waals surface area contributed by atoms with E-state index in [1.165, 1.54) is 0 Å². The number of aliphatic hydroxyl groups excluding tert-OH is 1. The fourth-order valence-corrected chi connectivity index (χ4v) is 1.03. The molecule has 0 radical (unpaired) electrons. The van der Waals surface area contributed by atoms with Crippen molar-refractivity contribution in [3.8, 4) is 0 Å². The highest BCUT2D eigenvalue weighted by atomic mass is 16.3. The minimum absolute atomic E-state index is 0.243. The monoisotopic (exact) mass is 145 g/mol. The third kappa shape index (κ3) is 3.85. The molecule has 0 aliphatic heterocycles. The Morgan fingerprint density at radius 3 is 1.90 bits per heavy atom. The van der Waals surface area contributed by atoms with Crippen molar-refractivity contribution in [1.29, 1.82) is 0 Å². The third-order valence-electron chi connectivity index (χ3n) is 1.57. The van der Waals surface area contributed by atoms with Crippen LogP contribution >= 0.6 is 0 Å². The zero-order valence-corrected chi connectivity index (χ0v) is 7.39. The van der Waals surface area contributed by atoms with E-state index in [1.807, 2.05) is 6.92 Å². The quantitative estimate of drug-likeness (QED) is 0.622. The van der Waals surface area contributed by atoms with E-state index < -0.39 is 0 Å². The summed E-state index contributed by atoms with van der Waals surface area (Å²) in [6.45, 7) is 8.08. The Morgan fingerprint density at radius 1 is 1.30 bits per heavy atom. The van der Waals surface area contributed by atoms with E-state index in [9.17, 15) is 5.11 Å². The van der Waals surface area contributed by atoms with E-state index >= 15 is 0 Å². The minimum Gasteiger partial charge on any atom is -0.392 e. The fraction of sp³-hybridized carbons (Fsp3) is 1.00. The number of hydrogen-bond donors (Lipinski definition) is 2. The maximum atomic E-state index is 9.20. The van der Waals surface area contributed by atoms with Gasteiger partial charge >= 0.3 is 0 Å². The molecule has 0 amide bonds. The van der Waals surface area contributed by atoms with Crippen LogP contribution in [-0.4, -0.2) is 23.3 Å². The Morgan fingerprint density at radius 2 is 1.80 bits per heavy atom. The molecule has 0 saturated carbocycles. The largest absolute Gasteiger partial charge is 0.392 e. The number of aliphatic hydroxyl groups is 1. The molecule has 2 atom stereocenters. The van der Waals surface area contributed by atoms with Gasteiger partial charge in [0.15, 0.2) is 0 Å². The molecule has 0 bridgehead atoms. The van der Waals surface area contributed by atoms with Gasteiger partial charge in [-0.3, -0.25) is 0 Å². The second kappa shape index (κ2) is 4.69. The molecule has 2 nitrogen and oxygen atoms in total. The van der Waals surface area contributed by atoms with Gasteiger partial charge in [-0.15, -0.1) is 0 Å². The first-order chi connectivity index (χ1) is 4.57. The van der Waals surface area contributed by atoms with Crippen molar-refractivity contribution in [3.63, 3.8) is 0 Å². The normalized spacial score (nSPS) is 17.4. The molecule has 0 rings (SSSR count). The first-order valence-electron chi connectivity index (χ1n) is 4.02. The first kappa shape index (κ1) is 9.92. The molecule has 0 aromatic carbocycles. The molecule has 2 heteroatoms. The molecule has 0 heterocycles. The zero-order valence-electron chi connectivity index (χ0n) is 7.39. The Hall–Kier alpha value is -0.0800. The average molecular weight is 145 g/mol. The summed E-state index contributed by atoms with van der Waals surface area (Å²) in [6, 6.07) is 0.708. The lowest BCUT2D eigenvalue weighted by atomic mass is 10.1. The van der Waals surface area contributed by atoms with Gasteiger partial charge in [0.25, 0.3) is 0 Å². The van der Waals surface area contributed by atoms with Crippen LogP contribution in [0.3, 0.4) is 0 Å². The van der Waals surface area contributed by atoms with Gasteiger partial charge in [0.1, 0.15) is 0 Å². The molecule has 0 aliphatic carbocycles. The van der Waals surface area contributed by atoms with Crippen LogP contribution in [0.1, 0.15) is 34.1 Å². The van der Waals surface area contributed by atoms with E-state index in [2.05, 4.69) is 26.1 Å². The van der Waals surface area contributed by atoms with Crippen LogP contribution in [0.5, 0.6) is 0 Å². The molecule has 0 saturated heterocycles. The minimum atomic E-state index is -0.243. The number of rotatable bonds is 4. The van der Waals surface area contributed by atoms with E-state index in [-0.39, 0.29) is 12.1 Å². The Labute approximate surface area is 63.6 Å². The van der Waals surface area contributed by atoms with E-state index in [0.717, 1.165) is 6.42 Å². The van der Waals surface area contributed by atoms with Crippen molar-refractivity contribution in [2.45, 2.75) is 52.3 Å². The molecular weight excluding hydrogens is 126 g/mol. The van der Waals surface area contributed by atoms with Crippen molar-refractivity contribution in [2.24, 2.45) is 0 Å². The summed E-state index contributed by atoms with van der Waals surface area (Å²) >= 11 is 0. The van der Waals surface area contributed by atoms with Gasteiger partial charge in [-0.25, -0.2) is 0 Å². The maximum absolute atomic E-state index is 9.20. The van der Waals surface area contributed by atoms with Crippen molar-refractivity contribution in [1.82, 2.24) is 5.32 Å². The summed E-state index contributed by atoms with van der Waals surface area (Å²) in [5, 5.41) is 12.5. The highest BCUT2D eigenvalue weighted by molar-refractivity contribution is 4.72.